The summed E-state index contributed by atoms with van der Waals surface area (Å²) in [4.78, 5) is 11.9. The largest absolute Gasteiger partial charge is 0.460 e. The molecule has 0 amide bonds. The van der Waals surface area contributed by atoms with Crippen LogP contribution in [0.25, 0.3) is 0 Å². The van der Waals surface area contributed by atoms with E-state index in [-0.39, 0.29) is 5.97 Å². The van der Waals surface area contributed by atoms with Gasteiger partial charge in [-0.25, -0.2) is 4.79 Å². The second-order valence-electron chi connectivity index (χ2n) is 5.30. The van der Waals surface area contributed by atoms with Crippen molar-refractivity contribution in [1.29, 1.82) is 0 Å². The second kappa shape index (κ2) is 9.54. The van der Waals surface area contributed by atoms with Crippen LogP contribution in [-0.2, 0) is 15.9 Å². The number of benzene rings is 1. The molecule has 0 heterocycles. The summed E-state index contributed by atoms with van der Waals surface area (Å²) in [6.07, 6.45) is 3.06. The molecular formula is C17H26O3. The Morgan fingerprint density at radius 2 is 1.90 bits per heavy atom. The number of carbonyl (C=O) groups is 1. The van der Waals surface area contributed by atoms with E-state index >= 15 is 0 Å². The van der Waals surface area contributed by atoms with Crippen LogP contribution >= 0.6 is 0 Å². The third-order valence-electron chi connectivity index (χ3n) is 3.15. The van der Waals surface area contributed by atoms with Gasteiger partial charge in [-0.05, 0) is 36.8 Å². The normalized spacial score (nSPS) is 10.8. The summed E-state index contributed by atoms with van der Waals surface area (Å²) < 4.78 is 10.7. The molecule has 0 saturated carbocycles. The molecule has 0 aliphatic heterocycles. The lowest BCUT2D eigenvalue weighted by molar-refractivity contribution is 0.0309. The molecule has 0 radical (unpaired) electrons. The summed E-state index contributed by atoms with van der Waals surface area (Å²) in [6, 6.07) is 7.56. The summed E-state index contributed by atoms with van der Waals surface area (Å²) in [6.45, 7) is 7.96. The number of hydrogen-bond acceptors (Lipinski definition) is 3. The molecule has 20 heavy (non-hydrogen) atoms. The molecule has 0 aromatic heterocycles. The van der Waals surface area contributed by atoms with E-state index in [1.165, 1.54) is 6.42 Å². The van der Waals surface area contributed by atoms with Gasteiger partial charge in [0.15, 0.2) is 0 Å². The first-order chi connectivity index (χ1) is 9.65. The highest BCUT2D eigenvalue weighted by Gasteiger charge is 2.10. The van der Waals surface area contributed by atoms with Gasteiger partial charge in [-0.15, -0.1) is 0 Å². The molecule has 112 valence electrons. The second-order valence-corrected chi connectivity index (χ2v) is 5.30. The number of rotatable bonds is 9. The maximum absolute atomic E-state index is 11.9. The van der Waals surface area contributed by atoms with Gasteiger partial charge in [-0.3, -0.25) is 0 Å². The first kappa shape index (κ1) is 16.7. The number of carbonyl (C=O) groups excluding carboxylic acids is 1. The smallest absolute Gasteiger partial charge is 0.338 e. The van der Waals surface area contributed by atoms with Crippen molar-refractivity contribution in [2.45, 2.75) is 40.0 Å². The Morgan fingerprint density at radius 3 is 2.60 bits per heavy atom. The van der Waals surface area contributed by atoms with Gasteiger partial charge in [0.2, 0.25) is 0 Å². The molecule has 0 aliphatic rings. The van der Waals surface area contributed by atoms with Crippen LogP contribution in [0.5, 0.6) is 0 Å². The summed E-state index contributed by atoms with van der Waals surface area (Å²) in [5.74, 6) is 0.454. The predicted molar refractivity (Wildman–Crippen MR) is 81.0 cm³/mol. The van der Waals surface area contributed by atoms with E-state index < -0.39 is 0 Å². The molecule has 0 atom stereocenters. The molecular weight excluding hydrogens is 252 g/mol. The molecule has 3 heteroatoms. The van der Waals surface area contributed by atoms with Crippen molar-refractivity contribution in [2.75, 3.05) is 19.8 Å². The SMILES string of the molecule is CCc1ccccc1C(=O)OCCOCCCC(C)C. The predicted octanol–water partition coefficient (Wildman–Crippen LogP) is 3.86. The average molecular weight is 278 g/mol. The van der Waals surface area contributed by atoms with E-state index in [1.807, 2.05) is 31.2 Å². The average Bonchev–Trinajstić information content (AvgIpc) is 2.45. The maximum Gasteiger partial charge on any atom is 0.338 e. The minimum absolute atomic E-state index is 0.256. The van der Waals surface area contributed by atoms with Gasteiger partial charge in [0.05, 0.1) is 12.2 Å². The van der Waals surface area contributed by atoms with Crippen LogP contribution in [0.2, 0.25) is 0 Å². The van der Waals surface area contributed by atoms with Crippen molar-refractivity contribution in [1.82, 2.24) is 0 Å². The molecule has 0 unspecified atom stereocenters. The zero-order valence-electron chi connectivity index (χ0n) is 12.9. The van der Waals surface area contributed by atoms with E-state index in [1.54, 1.807) is 0 Å². The highest BCUT2D eigenvalue weighted by Crippen LogP contribution is 2.10. The Morgan fingerprint density at radius 1 is 1.15 bits per heavy atom. The minimum atomic E-state index is -0.256. The van der Waals surface area contributed by atoms with Crippen LogP contribution in [0.4, 0.5) is 0 Å². The molecule has 1 aromatic rings. The minimum Gasteiger partial charge on any atom is -0.460 e. The topological polar surface area (TPSA) is 35.5 Å². The number of esters is 1. The van der Waals surface area contributed by atoms with Crippen molar-refractivity contribution < 1.29 is 14.3 Å². The molecule has 0 saturated heterocycles. The van der Waals surface area contributed by atoms with Crippen LogP contribution in [0.15, 0.2) is 24.3 Å². The molecule has 3 nitrogen and oxygen atoms in total. The zero-order chi connectivity index (χ0) is 14.8. The van der Waals surface area contributed by atoms with Crippen molar-refractivity contribution in [3.05, 3.63) is 35.4 Å². The van der Waals surface area contributed by atoms with Crippen molar-refractivity contribution in [2.24, 2.45) is 5.92 Å². The van der Waals surface area contributed by atoms with Crippen LogP contribution in [0.3, 0.4) is 0 Å². The quantitative estimate of drug-likeness (QED) is 0.508. The standard InChI is InChI=1S/C17H26O3/c1-4-15-9-5-6-10-16(15)17(18)20-13-12-19-11-7-8-14(2)3/h5-6,9-10,14H,4,7-8,11-13H2,1-3H3. The highest BCUT2D eigenvalue weighted by molar-refractivity contribution is 5.91. The molecule has 1 aromatic carbocycles. The fourth-order valence-corrected chi connectivity index (χ4v) is 1.99. The fraction of sp³-hybridized carbons (Fsp3) is 0.588. The lowest BCUT2D eigenvalue weighted by atomic mass is 10.1. The van der Waals surface area contributed by atoms with Gasteiger partial charge in [0.25, 0.3) is 0 Å². The van der Waals surface area contributed by atoms with Gasteiger partial charge < -0.3 is 9.47 Å². The lowest BCUT2D eigenvalue weighted by Gasteiger charge is -2.09. The Labute approximate surface area is 122 Å². The number of hydrogen-bond donors (Lipinski definition) is 0. The zero-order valence-corrected chi connectivity index (χ0v) is 12.9. The molecule has 0 N–H and O–H groups in total. The van der Waals surface area contributed by atoms with E-state index in [2.05, 4.69) is 13.8 Å². The van der Waals surface area contributed by atoms with Gasteiger partial charge in [-0.1, -0.05) is 39.0 Å². The van der Waals surface area contributed by atoms with E-state index in [4.69, 9.17) is 9.47 Å². The van der Waals surface area contributed by atoms with Crippen LogP contribution < -0.4 is 0 Å². The highest BCUT2D eigenvalue weighted by atomic mass is 16.6. The number of ether oxygens (including phenoxy) is 2. The lowest BCUT2D eigenvalue weighted by Crippen LogP contribution is -2.13. The van der Waals surface area contributed by atoms with Gasteiger partial charge in [0, 0.05) is 6.61 Å². The van der Waals surface area contributed by atoms with Gasteiger partial charge in [0.1, 0.15) is 6.61 Å². The first-order valence-electron chi connectivity index (χ1n) is 7.48. The summed E-state index contributed by atoms with van der Waals surface area (Å²) in [5.41, 5.74) is 1.69. The van der Waals surface area contributed by atoms with Gasteiger partial charge >= 0.3 is 5.97 Å². The Balaban J connectivity index is 2.20. The molecule has 0 fully saturated rings. The molecule has 0 aliphatic carbocycles. The van der Waals surface area contributed by atoms with Crippen LogP contribution in [-0.4, -0.2) is 25.8 Å². The van der Waals surface area contributed by atoms with Gasteiger partial charge in [-0.2, -0.15) is 0 Å². The Bertz CT molecular complexity index is 399. The maximum atomic E-state index is 11.9. The number of aryl methyl sites for hydroxylation is 1. The van der Waals surface area contributed by atoms with Crippen molar-refractivity contribution in [3.63, 3.8) is 0 Å². The Kier molecular flexibility index (Phi) is 7.97. The molecule has 0 spiro atoms. The van der Waals surface area contributed by atoms with Crippen molar-refractivity contribution in [3.8, 4) is 0 Å². The monoisotopic (exact) mass is 278 g/mol. The van der Waals surface area contributed by atoms with Crippen molar-refractivity contribution >= 4 is 5.97 Å². The summed E-state index contributed by atoms with van der Waals surface area (Å²) in [7, 11) is 0. The third kappa shape index (κ3) is 6.20. The molecule has 1 rings (SSSR count). The van der Waals surface area contributed by atoms with E-state index in [0.29, 0.717) is 24.7 Å². The summed E-state index contributed by atoms with van der Waals surface area (Å²) in [5, 5.41) is 0. The third-order valence-corrected chi connectivity index (χ3v) is 3.15. The van der Waals surface area contributed by atoms with Crippen LogP contribution in [0.1, 0.15) is 49.5 Å². The molecule has 0 bridgehead atoms. The van der Waals surface area contributed by atoms with Crippen LogP contribution in [0, 0.1) is 5.92 Å². The first-order valence-corrected chi connectivity index (χ1v) is 7.48. The van der Waals surface area contributed by atoms with E-state index in [0.717, 1.165) is 25.0 Å². The Hall–Kier alpha value is -1.35. The fourth-order valence-electron chi connectivity index (χ4n) is 1.99. The summed E-state index contributed by atoms with van der Waals surface area (Å²) >= 11 is 0. The van der Waals surface area contributed by atoms with E-state index in [9.17, 15) is 4.79 Å².